The maximum Gasteiger partial charge on any atom is 0.259 e. The fourth-order valence-corrected chi connectivity index (χ4v) is 1.17. The van der Waals surface area contributed by atoms with E-state index in [0.717, 1.165) is 0 Å². The molecule has 1 atom stereocenters. The van der Waals surface area contributed by atoms with Gasteiger partial charge in [-0.1, -0.05) is 0 Å². The predicted octanol–water partition coefficient (Wildman–Crippen LogP) is -0.856. The highest BCUT2D eigenvalue weighted by molar-refractivity contribution is 5.76. The van der Waals surface area contributed by atoms with Crippen molar-refractivity contribution < 1.29 is 19.0 Å². The Labute approximate surface area is 82.7 Å². The maximum absolute atomic E-state index is 10.7. The molecule has 6 nitrogen and oxygen atoms in total. The minimum atomic E-state index is -0.551. The molecule has 0 saturated carbocycles. The summed E-state index contributed by atoms with van der Waals surface area (Å²) in [5.41, 5.74) is 1.97. The second kappa shape index (κ2) is 4.70. The first-order chi connectivity index (χ1) is 6.53. The molecule has 0 aromatic rings. The Bertz CT molecular complexity index is 208. The summed E-state index contributed by atoms with van der Waals surface area (Å²) < 4.78 is 15.8. The van der Waals surface area contributed by atoms with E-state index in [1.165, 1.54) is 0 Å². The molecule has 1 unspecified atom stereocenters. The number of rotatable bonds is 4. The van der Waals surface area contributed by atoms with Gasteiger partial charge in [0.25, 0.3) is 5.91 Å². The lowest BCUT2D eigenvalue weighted by molar-refractivity contribution is -0.146. The first-order valence-electron chi connectivity index (χ1n) is 4.42. The minimum Gasteiger partial charge on any atom is -0.369 e. The molecule has 1 heterocycles. The largest absolute Gasteiger partial charge is 0.369 e. The van der Waals surface area contributed by atoms with Crippen LogP contribution in [0.25, 0.3) is 0 Å². The van der Waals surface area contributed by atoms with Crippen molar-refractivity contribution in [1.82, 2.24) is 5.43 Å². The summed E-state index contributed by atoms with van der Waals surface area (Å²) in [6, 6.07) is 0. The highest BCUT2D eigenvalue weighted by atomic mass is 16.7. The molecule has 0 spiro atoms. The second-order valence-corrected chi connectivity index (χ2v) is 3.53. The Balaban J connectivity index is 2.12. The van der Waals surface area contributed by atoms with Crippen LogP contribution in [0, 0.1) is 0 Å². The van der Waals surface area contributed by atoms with Gasteiger partial charge in [-0.2, -0.15) is 0 Å². The number of ether oxygens (including phenoxy) is 3. The average Bonchev–Trinajstić information content (AvgIpc) is 2.45. The zero-order valence-corrected chi connectivity index (χ0v) is 8.41. The van der Waals surface area contributed by atoms with Gasteiger partial charge in [-0.15, -0.1) is 0 Å². The van der Waals surface area contributed by atoms with Gasteiger partial charge >= 0.3 is 0 Å². The van der Waals surface area contributed by atoms with Crippen LogP contribution in [0.3, 0.4) is 0 Å². The fraction of sp³-hybridized carbons (Fsp3) is 0.875. The van der Waals surface area contributed by atoms with Crippen LogP contribution in [0.15, 0.2) is 0 Å². The van der Waals surface area contributed by atoms with Crippen LogP contribution in [0.2, 0.25) is 0 Å². The zero-order chi connectivity index (χ0) is 10.6. The smallest absolute Gasteiger partial charge is 0.259 e. The number of amides is 1. The van der Waals surface area contributed by atoms with Gasteiger partial charge in [0, 0.05) is 0 Å². The lowest BCUT2D eigenvalue weighted by atomic mass is 10.4. The van der Waals surface area contributed by atoms with Gasteiger partial charge in [0.1, 0.15) is 12.7 Å². The molecular weight excluding hydrogens is 188 g/mol. The van der Waals surface area contributed by atoms with Crippen molar-refractivity contribution in [3.05, 3.63) is 0 Å². The highest BCUT2D eigenvalue weighted by Gasteiger charge is 2.32. The van der Waals surface area contributed by atoms with Gasteiger partial charge in [-0.3, -0.25) is 10.2 Å². The monoisotopic (exact) mass is 204 g/mol. The quantitative estimate of drug-likeness (QED) is 0.354. The molecule has 1 rings (SSSR count). The summed E-state index contributed by atoms with van der Waals surface area (Å²) in [6.45, 7) is 4.42. The van der Waals surface area contributed by atoms with Crippen LogP contribution >= 0.6 is 0 Å². The van der Waals surface area contributed by atoms with Crippen molar-refractivity contribution in [3.63, 3.8) is 0 Å². The Morgan fingerprint density at radius 3 is 2.93 bits per heavy atom. The van der Waals surface area contributed by atoms with Crippen LogP contribution in [0.4, 0.5) is 0 Å². The van der Waals surface area contributed by atoms with Gasteiger partial charge in [0.05, 0.1) is 13.2 Å². The summed E-state index contributed by atoms with van der Waals surface area (Å²) in [7, 11) is 0. The number of hydrogen-bond donors (Lipinski definition) is 2. The SMILES string of the molecule is CC1(C)OCC(COCC(=O)NN)O1. The molecule has 1 aliphatic heterocycles. The number of hydrogen-bond acceptors (Lipinski definition) is 5. The molecule has 1 amide bonds. The molecule has 6 heteroatoms. The van der Waals surface area contributed by atoms with E-state index in [9.17, 15) is 4.79 Å². The number of nitrogens with two attached hydrogens (primary N) is 1. The third kappa shape index (κ3) is 3.59. The molecule has 82 valence electrons. The van der Waals surface area contributed by atoms with Crippen molar-refractivity contribution in [2.45, 2.75) is 25.7 Å². The van der Waals surface area contributed by atoms with Gasteiger partial charge < -0.3 is 14.2 Å². The predicted molar refractivity (Wildman–Crippen MR) is 48.1 cm³/mol. The maximum atomic E-state index is 10.7. The molecule has 0 aliphatic carbocycles. The standard InChI is InChI=1S/C8H16N2O4/c1-8(2)13-4-6(14-8)3-12-5-7(11)10-9/h6H,3-5,9H2,1-2H3,(H,10,11). The second-order valence-electron chi connectivity index (χ2n) is 3.53. The fourth-order valence-electron chi connectivity index (χ4n) is 1.17. The molecule has 1 saturated heterocycles. The summed E-state index contributed by atoms with van der Waals surface area (Å²) in [5, 5.41) is 0. The summed E-state index contributed by atoms with van der Waals surface area (Å²) in [4.78, 5) is 10.7. The summed E-state index contributed by atoms with van der Waals surface area (Å²) in [5.74, 6) is 3.96. The summed E-state index contributed by atoms with van der Waals surface area (Å²) >= 11 is 0. The number of hydrazine groups is 1. The Kier molecular flexibility index (Phi) is 3.82. The molecule has 3 N–H and O–H groups in total. The molecule has 0 radical (unpaired) electrons. The van der Waals surface area contributed by atoms with E-state index >= 15 is 0 Å². The van der Waals surface area contributed by atoms with E-state index < -0.39 is 5.79 Å². The molecule has 1 fully saturated rings. The van der Waals surface area contributed by atoms with Crippen LogP contribution < -0.4 is 11.3 Å². The van der Waals surface area contributed by atoms with E-state index in [0.29, 0.717) is 13.2 Å². The lowest BCUT2D eigenvalue weighted by Gasteiger charge is -2.16. The van der Waals surface area contributed by atoms with Crippen LogP contribution in [-0.2, 0) is 19.0 Å². The van der Waals surface area contributed by atoms with E-state index in [-0.39, 0.29) is 18.6 Å². The lowest BCUT2D eigenvalue weighted by Crippen LogP contribution is -2.34. The topological polar surface area (TPSA) is 82.8 Å². The molecule has 0 aromatic heterocycles. The van der Waals surface area contributed by atoms with Crippen LogP contribution in [-0.4, -0.2) is 37.6 Å². The first kappa shape index (κ1) is 11.4. The van der Waals surface area contributed by atoms with E-state index in [1.54, 1.807) is 0 Å². The summed E-state index contributed by atoms with van der Waals surface area (Å²) in [6.07, 6.45) is -0.115. The molecule has 14 heavy (non-hydrogen) atoms. The van der Waals surface area contributed by atoms with Gasteiger partial charge in [0.15, 0.2) is 5.79 Å². The van der Waals surface area contributed by atoms with Crippen molar-refractivity contribution in [2.24, 2.45) is 5.84 Å². The van der Waals surface area contributed by atoms with Gasteiger partial charge in [0.2, 0.25) is 0 Å². The van der Waals surface area contributed by atoms with Gasteiger partial charge in [-0.25, -0.2) is 5.84 Å². The minimum absolute atomic E-state index is 0.0587. The number of nitrogens with one attached hydrogen (secondary N) is 1. The van der Waals surface area contributed by atoms with Crippen molar-refractivity contribution >= 4 is 5.91 Å². The number of carbonyl (C=O) groups excluding carboxylic acids is 1. The molecule has 1 aliphatic rings. The molecule has 0 bridgehead atoms. The van der Waals surface area contributed by atoms with Crippen LogP contribution in [0.1, 0.15) is 13.8 Å². The third-order valence-electron chi connectivity index (χ3n) is 1.77. The van der Waals surface area contributed by atoms with E-state index in [2.05, 4.69) is 0 Å². The Hall–Kier alpha value is -0.690. The van der Waals surface area contributed by atoms with Crippen molar-refractivity contribution in [2.75, 3.05) is 19.8 Å². The zero-order valence-electron chi connectivity index (χ0n) is 8.41. The normalized spacial score (nSPS) is 24.9. The van der Waals surface area contributed by atoms with Crippen LogP contribution in [0.5, 0.6) is 0 Å². The number of carbonyl (C=O) groups is 1. The Morgan fingerprint density at radius 1 is 1.71 bits per heavy atom. The Morgan fingerprint density at radius 2 is 2.43 bits per heavy atom. The van der Waals surface area contributed by atoms with Crippen molar-refractivity contribution in [3.8, 4) is 0 Å². The first-order valence-corrected chi connectivity index (χ1v) is 4.42. The molecular formula is C8H16N2O4. The van der Waals surface area contributed by atoms with E-state index in [4.69, 9.17) is 20.1 Å². The third-order valence-corrected chi connectivity index (χ3v) is 1.77. The highest BCUT2D eigenvalue weighted by Crippen LogP contribution is 2.22. The van der Waals surface area contributed by atoms with E-state index in [1.807, 2.05) is 19.3 Å². The van der Waals surface area contributed by atoms with Crippen molar-refractivity contribution in [1.29, 1.82) is 0 Å². The molecule has 0 aromatic carbocycles. The average molecular weight is 204 g/mol. The van der Waals surface area contributed by atoms with Gasteiger partial charge in [-0.05, 0) is 13.8 Å².